The fourth-order valence-corrected chi connectivity index (χ4v) is 4.42. The van der Waals surface area contributed by atoms with Gasteiger partial charge in [-0.1, -0.05) is 53.0 Å². The van der Waals surface area contributed by atoms with Crippen LogP contribution in [0.4, 0.5) is 4.39 Å². The van der Waals surface area contributed by atoms with Gasteiger partial charge in [-0.05, 0) is 66.9 Å². The van der Waals surface area contributed by atoms with Crippen molar-refractivity contribution in [3.63, 3.8) is 0 Å². The molecule has 3 aromatic carbocycles. The Hall–Kier alpha value is -3.23. The molecule has 37 heavy (non-hydrogen) atoms. The molecule has 0 atom stereocenters. The lowest BCUT2D eigenvalue weighted by Gasteiger charge is -2.14. The van der Waals surface area contributed by atoms with E-state index in [-0.39, 0.29) is 18.0 Å². The Balaban J connectivity index is 1.69. The highest BCUT2D eigenvalue weighted by Crippen LogP contribution is 2.37. The lowest BCUT2D eigenvalue weighted by Crippen LogP contribution is -2.22. The Bertz CT molecular complexity index is 1510. The minimum Gasteiger partial charge on any atom is -0.490 e. The molecule has 0 aliphatic carbocycles. The van der Waals surface area contributed by atoms with Crippen molar-refractivity contribution >= 4 is 44.6 Å². The van der Waals surface area contributed by atoms with Crippen LogP contribution < -0.4 is 15.0 Å². The minimum absolute atomic E-state index is 0.124. The maximum Gasteiger partial charge on any atom is 0.282 e. The zero-order chi connectivity index (χ0) is 26.4. The molecule has 1 heterocycles. The fourth-order valence-electron chi connectivity index (χ4n) is 3.78. The molecule has 0 N–H and O–H groups in total. The molecule has 0 saturated heterocycles. The van der Waals surface area contributed by atoms with E-state index in [1.54, 1.807) is 36.5 Å². The highest BCUT2D eigenvalue weighted by Gasteiger charge is 2.14. The van der Waals surface area contributed by atoms with Crippen molar-refractivity contribution in [2.75, 3.05) is 6.61 Å². The van der Waals surface area contributed by atoms with E-state index in [9.17, 15) is 9.18 Å². The van der Waals surface area contributed by atoms with Crippen LogP contribution in [0.2, 0.25) is 5.02 Å². The van der Waals surface area contributed by atoms with E-state index in [1.165, 1.54) is 16.8 Å². The van der Waals surface area contributed by atoms with Gasteiger partial charge in [0.1, 0.15) is 18.2 Å². The second kappa shape index (κ2) is 12.3. The summed E-state index contributed by atoms with van der Waals surface area (Å²) in [5, 5.41) is 5.27. The number of fused-ring (bicyclic) bond motifs is 1. The van der Waals surface area contributed by atoms with Crippen LogP contribution in [0.1, 0.15) is 43.6 Å². The van der Waals surface area contributed by atoms with E-state index in [1.807, 2.05) is 19.1 Å². The molecule has 6 nitrogen and oxygen atoms in total. The van der Waals surface area contributed by atoms with E-state index in [0.717, 1.165) is 17.3 Å². The molecule has 192 valence electrons. The number of aromatic nitrogens is 2. The van der Waals surface area contributed by atoms with Crippen molar-refractivity contribution in [2.45, 2.75) is 39.7 Å². The second-order valence-electron chi connectivity index (χ2n) is 8.34. The fraction of sp³-hybridized carbons (Fsp3) is 0.250. The van der Waals surface area contributed by atoms with Crippen LogP contribution in [-0.2, 0) is 13.0 Å². The molecule has 0 aliphatic heterocycles. The zero-order valence-corrected chi connectivity index (χ0v) is 22.9. The van der Waals surface area contributed by atoms with Gasteiger partial charge in [0.2, 0.25) is 0 Å². The number of benzene rings is 3. The summed E-state index contributed by atoms with van der Waals surface area (Å²) in [6.45, 7) is 4.44. The normalized spacial score (nSPS) is 11.4. The number of halogens is 3. The van der Waals surface area contributed by atoms with Gasteiger partial charge in [0.05, 0.1) is 28.7 Å². The van der Waals surface area contributed by atoms with Crippen LogP contribution in [0, 0.1) is 5.82 Å². The molecule has 9 heteroatoms. The average Bonchev–Trinajstić information content (AvgIpc) is 2.87. The van der Waals surface area contributed by atoms with Crippen LogP contribution in [0.3, 0.4) is 0 Å². The summed E-state index contributed by atoms with van der Waals surface area (Å²) in [6.07, 6.45) is 4.00. The summed E-state index contributed by atoms with van der Waals surface area (Å²) in [5.41, 5.74) is 1.67. The highest BCUT2D eigenvalue weighted by atomic mass is 79.9. The Morgan fingerprint density at radius 3 is 2.73 bits per heavy atom. The summed E-state index contributed by atoms with van der Waals surface area (Å²) >= 11 is 9.97. The Labute approximate surface area is 227 Å². The maximum absolute atomic E-state index is 13.5. The van der Waals surface area contributed by atoms with Gasteiger partial charge in [-0.15, -0.1) is 0 Å². The summed E-state index contributed by atoms with van der Waals surface area (Å²) < 4.78 is 27.3. The predicted molar refractivity (Wildman–Crippen MR) is 149 cm³/mol. The second-order valence-corrected chi connectivity index (χ2v) is 9.66. The molecule has 1 aromatic heterocycles. The van der Waals surface area contributed by atoms with Crippen LogP contribution in [0.5, 0.6) is 11.5 Å². The number of rotatable bonds is 10. The lowest BCUT2D eigenvalue weighted by molar-refractivity contribution is 0.269. The third-order valence-electron chi connectivity index (χ3n) is 5.56. The van der Waals surface area contributed by atoms with Crippen molar-refractivity contribution in [3.05, 3.63) is 97.2 Å². The zero-order valence-electron chi connectivity index (χ0n) is 20.5. The summed E-state index contributed by atoms with van der Waals surface area (Å²) in [7, 11) is 0. The third-order valence-corrected chi connectivity index (χ3v) is 6.33. The number of nitrogens with zero attached hydrogens (tertiary/aromatic N) is 3. The standard InChI is InChI=1S/C28H26BrClFN3O3/c1-3-5-9-26-33-24-11-10-20(29)15-22(24)28(35)34(26)32-16-19-13-23(30)27(25(14-19)36-4-2)37-17-18-7-6-8-21(31)12-18/h6-8,10-16H,3-5,9,17H2,1-2H3. The van der Waals surface area contributed by atoms with E-state index < -0.39 is 0 Å². The first kappa shape index (κ1) is 26.8. The van der Waals surface area contributed by atoms with Gasteiger partial charge in [0.15, 0.2) is 11.5 Å². The van der Waals surface area contributed by atoms with E-state index in [4.69, 9.17) is 26.1 Å². The third kappa shape index (κ3) is 6.56. The largest absolute Gasteiger partial charge is 0.490 e. The quantitative estimate of drug-likeness (QED) is 0.185. The smallest absolute Gasteiger partial charge is 0.282 e. The molecule has 0 aliphatic rings. The molecule has 0 bridgehead atoms. The van der Waals surface area contributed by atoms with Gasteiger partial charge in [0.25, 0.3) is 5.56 Å². The van der Waals surface area contributed by atoms with Crippen LogP contribution in [-0.4, -0.2) is 22.5 Å². The van der Waals surface area contributed by atoms with E-state index in [0.29, 0.717) is 57.4 Å². The first-order valence-corrected chi connectivity index (χ1v) is 13.2. The molecule has 4 rings (SSSR count). The molecule has 0 radical (unpaired) electrons. The van der Waals surface area contributed by atoms with Crippen molar-refractivity contribution in [3.8, 4) is 11.5 Å². The molecule has 0 amide bonds. The highest BCUT2D eigenvalue weighted by molar-refractivity contribution is 9.10. The van der Waals surface area contributed by atoms with Crippen LogP contribution in [0.25, 0.3) is 10.9 Å². The van der Waals surface area contributed by atoms with Crippen molar-refractivity contribution in [1.29, 1.82) is 0 Å². The number of unbranched alkanes of at least 4 members (excludes halogenated alkanes) is 1. The molecule has 0 spiro atoms. The van der Waals surface area contributed by atoms with Crippen molar-refractivity contribution in [1.82, 2.24) is 9.66 Å². The molecular formula is C28H26BrClFN3O3. The predicted octanol–water partition coefficient (Wildman–Crippen LogP) is 7.15. The molecule has 0 unspecified atom stereocenters. The van der Waals surface area contributed by atoms with Crippen molar-refractivity contribution < 1.29 is 13.9 Å². The number of hydrogen-bond donors (Lipinski definition) is 0. The first-order chi connectivity index (χ1) is 17.9. The Morgan fingerprint density at radius 2 is 1.97 bits per heavy atom. The maximum atomic E-state index is 13.5. The molecular weight excluding hydrogens is 561 g/mol. The Kier molecular flexibility index (Phi) is 8.95. The molecule has 4 aromatic rings. The first-order valence-electron chi connectivity index (χ1n) is 12.0. The topological polar surface area (TPSA) is 65.7 Å². The minimum atomic E-state index is -0.340. The van der Waals surface area contributed by atoms with Gasteiger partial charge in [-0.3, -0.25) is 4.79 Å². The van der Waals surface area contributed by atoms with Crippen LogP contribution >= 0.6 is 27.5 Å². The number of aryl methyl sites for hydroxylation is 1. The summed E-state index contributed by atoms with van der Waals surface area (Å²) in [5.74, 6) is 1.02. The van der Waals surface area contributed by atoms with E-state index >= 15 is 0 Å². The lowest BCUT2D eigenvalue weighted by atomic mass is 10.2. The summed E-state index contributed by atoms with van der Waals surface area (Å²) in [4.78, 5) is 18.0. The van der Waals surface area contributed by atoms with Gasteiger partial charge < -0.3 is 9.47 Å². The molecule has 0 saturated carbocycles. The summed E-state index contributed by atoms with van der Waals surface area (Å²) in [6, 6.07) is 15.0. The Morgan fingerprint density at radius 1 is 1.14 bits per heavy atom. The number of ether oxygens (including phenoxy) is 2. The molecule has 0 fully saturated rings. The van der Waals surface area contributed by atoms with E-state index in [2.05, 4.69) is 28.0 Å². The average molecular weight is 587 g/mol. The number of hydrogen-bond acceptors (Lipinski definition) is 5. The van der Waals surface area contributed by atoms with Crippen molar-refractivity contribution in [2.24, 2.45) is 5.10 Å². The van der Waals surface area contributed by atoms with Crippen LogP contribution in [0.15, 0.2) is 69.0 Å². The van der Waals surface area contributed by atoms with Gasteiger partial charge in [0, 0.05) is 10.9 Å². The van der Waals surface area contributed by atoms with Gasteiger partial charge in [-0.25, -0.2) is 9.37 Å². The monoisotopic (exact) mass is 585 g/mol. The SMILES string of the molecule is CCCCc1nc2ccc(Br)cc2c(=O)n1N=Cc1cc(Cl)c(OCc2cccc(F)c2)c(OCC)c1. The van der Waals surface area contributed by atoms with Gasteiger partial charge in [-0.2, -0.15) is 9.78 Å². The van der Waals surface area contributed by atoms with Gasteiger partial charge >= 0.3 is 0 Å².